The fraction of sp³-hybridized carbons (Fsp3) is 0.318. The second-order valence-corrected chi connectivity index (χ2v) is 7.60. The minimum Gasteiger partial charge on any atom is -0.495 e. The molecule has 0 aromatic heterocycles. The van der Waals surface area contributed by atoms with Crippen molar-refractivity contribution in [3.8, 4) is 17.2 Å². The fourth-order valence-electron chi connectivity index (χ4n) is 2.59. The zero-order valence-corrected chi connectivity index (χ0v) is 19.5. The van der Waals surface area contributed by atoms with E-state index in [1.165, 1.54) is 13.3 Å². The maximum absolute atomic E-state index is 12.1. The molecule has 0 aliphatic carbocycles. The van der Waals surface area contributed by atoms with Gasteiger partial charge in [-0.25, -0.2) is 5.43 Å². The van der Waals surface area contributed by atoms with Crippen LogP contribution in [0.3, 0.4) is 0 Å². The monoisotopic (exact) mass is 491 g/mol. The molecule has 2 rings (SSSR count). The summed E-state index contributed by atoms with van der Waals surface area (Å²) in [6.45, 7) is 3.85. The number of carbonyl (C=O) groups is 2. The number of rotatable bonds is 10. The number of anilines is 1. The second kappa shape index (κ2) is 11.9. The van der Waals surface area contributed by atoms with Gasteiger partial charge in [-0.3, -0.25) is 9.59 Å². The first-order chi connectivity index (χ1) is 14.8. The van der Waals surface area contributed by atoms with E-state index in [0.29, 0.717) is 33.0 Å². The Bertz CT molecular complexity index is 947. The lowest BCUT2D eigenvalue weighted by Gasteiger charge is -2.15. The van der Waals surface area contributed by atoms with Crippen molar-refractivity contribution in [1.82, 2.24) is 5.43 Å². The van der Waals surface area contributed by atoms with Gasteiger partial charge >= 0.3 is 0 Å². The summed E-state index contributed by atoms with van der Waals surface area (Å²) in [7, 11) is 3.07. The van der Waals surface area contributed by atoms with E-state index in [1.807, 2.05) is 13.8 Å². The predicted molar refractivity (Wildman–Crippen MR) is 123 cm³/mol. The smallest absolute Gasteiger partial charge is 0.240 e. The molecule has 2 amide bonds. The van der Waals surface area contributed by atoms with Crippen LogP contribution in [0.25, 0.3) is 0 Å². The third kappa shape index (κ3) is 7.60. The van der Waals surface area contributed by atoms with Gasteiger partial charge in [0.2, 0.25) is 11.8 Å². The lowest BCUT2D eigenvalue weighted by molar-refractivity contribution is -0.124. The van der Waals surface area contributed by atoms with Gasteiger partial charge in [-0.2, -0.15) is 5.10 Å². The molecule has 0 radical (unpaired) electrons. The van der Waals surface area contributed by atoms with Gasteiger partial charge in [-0.15, -0.1) is 0 Å². The van der Waals surface area contributed by atoms with E-state index in [4.69, 9.17) is 14.2 Å². The van der Waals surface area contributed by atoms with Crippen LogP contribution in [0.4, 0.5) is 5.69 Å². The maximum Gasteiger partial charge on any atom is 0.240 e. The minimum atomic E-state index is -0.378. The van der Waals surface area contributed by atoms with Crippen LogP contribution in [0.5, 0.6) is 17.2 Å². The number of methoxy groups -OCH3 is 2. The molecule has 2 N–H and O–H groups in total. The number of benzene rings is 2. The highest BCUT2D eigenvalue weighted by molar-refractivity contribution is 9.10. The number of carbonyl (C=O) groups excluding carboxylic acids is 2. The first kappa shape index (κ1) is 24.2. The number of hydrogen-bond acceptors (Lipinski definition) is 6. The second-order valence-electron chi connectivity index (χ2n) is 6.74. The minimum absolute atomic E-state index is 0.00744. The van der Waals surface area contributed by atoms with Crippen molar-refractivity contribution in [3.05, 3.63) is 46.4 Å². The van der Waals surface area contributed by atoms with E-state index in [9.17, 15) is 9.59 Å². The average Bonchev–Trinajstić information content (AvgIpc) is 2.74. The highest BCUT2D eigenvalue weighted by Crippen LogP contribution is 2.37. The van der Waals surface area contributed by atoms with E-state index in [2.05, 4.69) is 31.8 Å². The van der Waals surface area contributed by atoms with Crippen molar-refractivity contribution in [2.45, 2.75) is 32.8 Å². The SMILES string of the molecule is COc1ccccc1NC(=O)CCC(=O)NN=Cc1cc(Br)c(OC(C)C)c(OC)c1. The van der Waals surface area contributed by atoms with E-state index < -0.39 is 0 Å². The van der Waals surface area contributed by atoms with Gasteiger partial charge in [0.1, 0.15) is 5.75 Å². The molecule has 0 unspecified atom stereocenters. The van der Waals surface area contributed by atoms with Crippen molar-refractivity contribution < 1.29 is 23.8 Å². The van der Waals surface area contributed by atoms with Gasteiger partial charge < -0.3 is 19.5 Å². The fourth-order valence-corrected chi connectivity index (χ4v) is 3.14. The summed E-state index contributed by atoms with van der Waals surface area (Å²) in [5, 5.41) is 6.67. The quantitative estimate of drug-likeness (QED) is 0.384. The molecule has 31 heavy (non-hydrogen) atoms. The molecule has 2 aromatic carbocycles. The van der Waals surface area contributed by atoms with Crippen molar-refractivity contribution in [2.24, 2.45) is 5.10 Å². The van der Waals surface area contributed by atoms with Crippen LogP contribution < -0.4 is 25.0 Å². The third-order valence-corrected chi connectivity index (χ3v) is 4.56. The third-order valence-electron chi connectivity index (χ3n) is 3.97. The number of hydrazone groups is 1. The molecule has 0 spiro atoms. The highest BCUT2D eigenvalue weighted by atomic mass is 79.9. The average molecular weight is 492 g/mol. The van der Waals surface area contributed by atoms with E-state index in [-0.39, 0.29) is 30.8 Å². The molecule has 0 atom stereocenters. The standard InChI is InChI=1S/C22H26BrN3O5/c1-14(2)31-22-16(23)11-15(12-19(22)30-4)13-24-26-21(28)10-9-20(27)25-17-7-5-6-8-18(17)29-3/h5-8,11-14H,9-10H2,1-4H3,(H,25,27)(H,26,28). The van der Waals surface area contributed by atoms with Gasteiger partial charge in [-0.05, 0) is 59.6 Å². The Morgan fingerprint density at radius 2 is 1.74 bits per heavy atom. The topological polar surface area (TPSA) is 98.2 Å². The lowest BCUT2D eigenvalue weighted by atomic mass is 10.2. The van der Waals surface area contributed by atoms with Gasteiger partial charge in [0.15, 0.2) is 11.5 Å². The summed E-state index contributed by atoms with van der Waals surface area (Å²) < 4.78 is 17.0. The first-order valence-electron chi connectivity index (χ1n) is 9.63. The van der Waals surface area contributed by atoms with E-state index in [1.54, 1.807) is 43.5 Å². The molecule has 0 heterocycles. The zero-order valence-electron chi connectivity index (χ0n) is 17.9. The largest absolute Gasteiger partial charge is 0.495 e. The number of hydrogen-bond donors (Lipinski definition) is 2. The van der Waals surface area contributed by atoms with Crippen LogP contribution in [0.1, 0.15) is 32.3 Å². The predicted octanol–water partition coefficient (Wildman–Crippen LogP) is 4.12. The number of ether oxygens (including phenoxy) is 3. The van der Waals surface area contributed by atoms with Crippen LogP contribution >= 0.6 is 15.9 Å². The molecule has 0 bridgehead atoms. The molecule has 0 aliphatic rings. The van der Waals surface area contributed by atoms with Crippen LogP contribution in [-0.2, 0) is 9.59 Å². The summed E-state index contributed by atoms with van der Waals surface area (Å²) in [5.74, 6) is 1.02. The van der Waals surface area contributed by atoms with Gasteiger partial charge in [0, 0.05) is 12.8 Å². The first-order valence-corrected chi connectivity index (χ1v) is 10.4. The molecular formula is C22H26BrN3O5. The van der Waals surface area contributed by atoms with E-state index >= 15 is 0 Å². The normalized spacial score (nSPS) is 10.8. The van der Waals surface area contributed by atoms with Crippen LogP contribution in [0, 0.1) is 0 Å². The van der Waals surface area contributed by atoms with E-state index in [0.717, 1.165) is 0 Å². The van der Waals surface area contributed by atoms with Crippen molar-refractivity contribution in [1.29, 1.82) is 0 Å². The number of halogens is 1. The van der Waals surface area contributed by atoms with Gasteiger partial charge in [0.25, 0.3) is 0 Å². The van der Waals surface area contributed by atoms with Crippen LogP contribution in [0.15, 0.2) is 46.0 Å². The number of amides is 2. The summed E-state index contributed by atoms with van der Waals surface area (Å²) >= 11 is 3.46. The van der Waals surface area contributed by atoms with Crippen LogP contribution in [0.2, 0.25) is 0 Å². The van der Waals surface area contributed by atoms with Crippen molar-refractivity contribution >= 4 is 39.6 Å². The van der Waals surface area contributed by atoms with Gasteiger partial charge in [-0.1, -0.05) is 12.1 Å². The summed E-state index contributed by atoms with van der Waals surface area (Å²) in [4.78, 5) is 24.1. The molecule has 0 saturated carbocycles. The molecule has 9 heteroatoms. The Morgan fingerprint density at radius 3 is 2.42 bits per heavy atom. The van der Waals surface area contributed by atoms with Crippen molar-refractivity contribution in [3.63, 3.8) is 0 Å². The van der Waals surface area contributed by atoms with Crippen molar-refractivity contribution in [2.75, 3.05) is 19.5 Å². The Hall–Kier alpha value is -3.07. The highest BCUT2D eigenvalue weighted by Gasteiger charge is 2.13. The molecule has 0 saturated heterocycles. The summed E-state index contributed by atoms with van der Waals surface area (Å²) in [6, 6.07) is 10.6. The molecule has 2 aromatic rings. The zero-order chi connectivity index (χ0) is 22.8. The summed E-state index contributed by atoms with van der Waals surface area (Å²) in [6.07, 6.45) is 1.48. The van der Waals surface area contributed by atoms with Crippen LogP contribution in [-0.4, -0.2) is 38.4 Å². The molecular weight excluding hydrogens is 466 g/mol. The number of nitrogens with zero attached hydrogens (tertiary/aromatic N) is 1. The Labute approximate surface area is 190 Å². The lowest BCUT2D eigenvalue weighted by Crippen LogP contribution is -2.20. The number of nitrogens with one attached hydrogen (secondary N) is 2. The summed E-state index contributed by atoms with van der Waals surface area (Å²) in [5.41, 5.74) is 3.67. The molecule has 0 fully saturated rings. The Kier molecular flexibility index (Phi) is 9.33. The Balaban J connectivity index is 1.88. The number of para-hydroxylation sites is 2. The Morgan fingerprint density at radius 1 is 1.06 bits per heavy atom. The van der Waals surface area contributed by atoms with Gasteiger partial charge in [0.05, 0.1) is 36.7 Å². The molecule has 0 aliphatic heterocycles. The maximum atomic E-state index is 12.1. The molecule has 8 nitrogen and oxygen atoms in total. The molecule has 166 valence electrons.